The molecule has 2 heterocycles. The average Bonchev–Trinajstić information content (AvgIpc) is 2.44. The molecule has 0 fully saturated rings. The van der Waals surface area contributed by atoms with E-state index >= 15 is 0 Å². The predicted molar refractivity (Wildman–Crippen MR) is 77.8 cm³/mol. The number of amides is 1. The SMILES string of the molecule is CCC1Nc2cc3c(cc2N(C(C)C)C1=O)OCCO3. The number of anilines is 2. The predicted octanol–water partition coefficient (Wildman–Crippen LogP) is 2.40. The van der Waals surface area contributed by atoms with Crippen LogP contribution in [-0.2, 0) is 4.79 Å². The normalized spacial score (nSPS) is 20.7. The average molecular weight is 276 g/mol. The van der Waals surface area contributed by atoms with Crippen LogP contribution in [0.1, 0.15) is 27.2 Å². The van der Waals surface area contributed by atoms with Crippen molar-refractivity contribution in [3.05, 3.63) is 12.1 Å². The molecule has 0 saturated carbocycles. The second-order valence-corrected chi connectivity index (χ2v) is 5.42. The Bertz CT molecular complexity index is 542. The van der Waals surface area contributed by atoms with Gasteiger partial charge in [-0.05, 0) is 20.3 Å². The fourth-order valence-corrected chi connectivity index (χ4v) is 2.74. The summed E-state index contributed by atoms with van der Waals surface area (Å²) < 4.78 is 11.2. The summed E-state index contributed by atoms with van der Waals surface area (Å²) in [4.78, 5) is 14.4. The maximum absolute atomic E-state index is 12.5. The van der Waals surface area contributed by atoms with Gasteiger partial charge in [0.1, 0.15) is 19.3 Å². The zero-order valence-corrected chi connectivity index (χ0v) is 12.1. The molecule has 1 N–H and O–H groups in total. The van der Waals surface area contributed by atoms with Gasteiger partial charge in [0.2, 0.25) is 5.91 Å². The first-order chi connectivity index (χ1) is 9.61. The molecule has 0 saturated heterocycles. The Morgan fingerprint density at radius 2 is 1.95 bits per heavy atom. The van der Waals surface area contributed by atoms with Crippen LogP contribution in [-0.4, -0.2) is 31.2 Å². The van der Waals surface area contributed by atoms with E-state index in [2.05, 4.69) is 5.32 Å². The summed E-state index contributed by atoms with van der Waals surface area (Å²) in [7, 11) is 0. The Morgan fingerprint density at radius 1 is 1.30 bits per heavy atom. The van der Waals surface area contributed by atoms with Crippen LogP contribution >= 0.6 is 0 Å². The molecule has 3 rings (SSSR count). The standard InChI is InChI=1S/C15H20N2O3/c1-4-10-15(18)17(9(2)3)12-8-14-13(7-11(12)16-10)19-5-6-20-14/h7-10,16H,4-6H2,1-3H3. The van der Waals surface area contributed by atoms with E-state index < -0.39 is 0 Å². The van der Waals surface area contributed by atoms with Crippen LogP contribution in [0.4, 0.5) is 11.4 Å². The van der Waals surface area contributed by atoms with Gasteiger partial charge >= 0.3 is 0 Å². The van der Waals surface area contributed by atoms with Crippen LogP contribution in [0.25, 0.3) is 0 Å². The number of nitrogens with one attached hydrogen (secondary N) is 1. The van der Waals surface area contributed by atoms with Gasteiger partial charge in [0.05, 0.1) is 11.4 Å². The number of ether oxygens (including phenoxy) is 2. The molecule has 2 aliphatic rings. The first kappa shape index (κ1) is 13.1. The number of nitrogens with zero attached hydrogens (tertiary/aromatic N) is 1. The lowest BCUT2D eigenvalue weighted by molar-refractivity contribution is -0.120. The molecule has 1 amide bonds. The van der Waals surface area contributed by atoms with Crippen molar-refractivity contribution in [2.75, 3.05) is 23.4 Å². The Morgan fingerprint density at radius 3 is 2.55 bits per heavy atom. The molecule has 0 aliphatic carbocycles. The van der Waals surface area contributed by atoms with Crippen LogP contribution in [0.3, 0.4) is 0 Å². The van der Waals surface area contributed by atoms with Gasteiger partial charge in [0, 0.05) is 18.2 Å². The number of rotatable bonds is 2. The van der Waals surface area contributed by atoms with Crippen molar-refractivity contribution in [2.24, 2.45) is 0 Å². The smallest absolute Gasteiger partial charge is 0.249 e. The van der Waals surface area contributed by atoms with Gasteiger partial charge in [-0.25, -0.2) is 0 Å². The van der Waals surface area contributed by atoms with E-state index in [-0.39, 0.29) is 18.0 Å². The summed E-state index contributed by atoms with van der Waals surface area (Å²) >= 11 is 0. The summed E-state index contributed by atoms with van der Waals surface area (Å²) in [6.45, 7) is 7.17. The fraction of sp³-hybridized carbons (Fsp3) is 0.533. The molecule has 0 spiro atoms. The van der Waals surface area contributed by atoms with Gasteiger partial charge in [0.15, 0.2) is 11.5 Å². The minimum atomic E-state index is -0.174. The molecule has 0 radical (unpaired) electrons. The van der Waals surface area contributed by atoms with E-state index in [1.165, 1.54) is 0 Å². The van der Waals surface area contributed by atoms with Crippen molar-refractivity contribution in [1.29, 1.82) is 0 Å². The van der Waals surface area contributed by atoms with Gasteiger partial charge in [-0.2, -0.15) is 0 Å². The van der Waals surface area contributed by atoms with Crippen LogP contribution in [0, 0.1) is 0 Å². The van der Waals surface area contributed by atoms with Crippen molar-refractivity contribution < 1.29 is 14.3 Å². The van der Waals surface area contributed by atoms with Crippen LogP contribution in [0.15, 0.2) is 12.1 Å². The maximum Gasteiger partial charge on any atom is 0.249 e. The van der Waals surface area contributed by atoms with Gasteiger partial charge in [0.25, 0.3) is 0 Å². The van der Waals surface area contributed by atoms with Crippen LogP contribution in [0.2, 0.25) is 0 Å². The second-order valence-electron chi connectivity index (χ2n) is 5.42. The van der Waals surface area contributed by atoms with Gasteiger partial charge in [-0.3, -0.25) is 4.79 Å². The van der Waals surface area contributed by atoms with E-state index in [4.69, 9.17) is 9.47 Å². The van der Waals surface area contributed by atoms with E-state index in [1.807, 2.05) is 37.8 Å². The Labute approximate surface area is 118 Å². The number of carbonyl (C=O) groups is 1. The highest BCUT2D eigenvalue weighted by molar-refractivity contribution is 6.05. The van der Waals surface area contributed by atoms with Crippen molar-refractivity contribution in [3.63, 3.8) is 0 Å². The molecular weight excluding hydrogens is 256 g/mol. The Kier molecular flexibility index (Phi) is 3.20. The third-order valence-corrected chi connectivity index (χ3v) is 3.71. The third-order valence-electron chi connectivity index (χ3n) is 3.71. The van der Waals surface area contributed by atoms with Crippen molar-refractivity contribution in [2.45, 2.75) is 39.3 Å². The largest absolute Gasteiger partial charge is 0.486 e. The van der Waals surface area contributed by atoms with E-state index in [0.29, 0.717) is 19.0 Å². The lowest BCUT2D eigenvalue weighted by Gasteiger charge is -2.38. The minimum Gasteiger partial charge on any atom is -0.486 e. The summed E-state index contributed by atoms with van der Waals surface area (Å²) in [6, 6.07) is 3.78. The van der Waals surface area contributed by atoms with E-state index in [0.717, 1.165) is 23.5 Å². The molecule has 1 atom stereocenters. The van der Waals surface area contributed by atoms with Crippen LogP contribution in [0.5, 0.6) is 11.5 Å². The highest BCUT2D eigenvalue weighted by Gasteiger charge is 2.34. The van der Waals surface area contributed by atoms with Gasteiger partial charge < -0.3 is 19.7 Å². The van der Waals surface area contributed by atoms with Crippen molar-refractivity contribution in [1.82, 2.24) is 0 Å². The molecule has 1 unspecified atom stereocenters. The highest BCUT2D eigenvalue weighted by Crippen LogP contribution is 2.43. The van der Waals surface area contributed by atoms with Gasteiger partial charge in [-0.1, -0.05) is 6.92 Å². The van der Waals surface area contributed by atoms with E-state index in [1.54, 1.807) is 0 Å². The fourth-order valence-electron chi connectivity index (χ4n) is 2.74. The molecular formula is C15H20N2O3. The number of fused-ring (bicyclic) bond motifs is 2. The molecule has 0 aromatic heterocycles. The Hall–Kier alpha value is -1.91. The lowest BCUT2D eigenvalue weighted by Crippen LogP contribution is -2.50. The first-order valence-corrected chi connectivity index (χ1v) is 7.15. The number of hydrogen-bond acceptors (Lipinski definition) is 4. The zero-order chi connectivity index (χ0) is 14.3. The summed E-state index contributed by atoms with van der Waals surface area (Å²) in [5.74, 6) is 1.58. The molecule has 108 valence electrons. The van der Waals surface area contributed by atoms with Gasteiger partial charge in [-0.15, -0.1) is 0 Å². The number of benzene rings is 1. The maximum atomic E-state index is 12.5. The quantitative estimate of drug-likeness (QED) is 0.901. The highest BCUT2D eigenvalue weighted by atomic mass is 16.6. The summed E-state index contributed by atoms with van der Waals surface area (Å²) in [5.41, 5.74) is 1.81. The molecule has 1 aromatic rings. The number of hydrogen-bond donors (Lipinski definition) is 1. The van der Waals surface area contributed by atoms with Crippen molar-refractivity contribution in [3.8, 4) is 11.5 Å². The molecule has 20 heavy (non-hydrogen) atoms. The zero-order valence-electron chi connectivity index (χ0n) is 12.1. The van der Waals surface area contributed by atoms with E-state index in [9.17, 15) is 4.79 Å². The molecule has 5 heteroatoms. The Balaban J connectivity index is 2.09. The minimum absolute atomic E-state index is 0.111. The molecule has 2 aliphatic heterocycles. The molecule has 1 aromatic carbocycles. The van der Waals surface area contributed by atoms with Crippen LogP contribution < -0.4 is 19.7 Å². The summed E-state index contributed by atoms with van der Waals surface area (Å²) in [5, 5.41) is 3.30. The second kappa shape index (κ2) is 4.89. The first-order valence-electron chi connectivity index (χ1n) is 7.15. The molecule has 5 nitrogen and oxygen atoms in total. The summed E-state index contributed by atoms with van der Waals surface area (Å²) in [6.07, 6.45) is 0.760. The van der Waals surface area contributed by atoms with Crippen molar-refractivity contribution >= 4 is 17.3 Å². The third kappa shape index (κ3) is 1.97. The topological polar surface area (TPSA) is 50.8 Å². The molecule has 0 bridgehead atoms. The lowest BCUT2D eigenvalue weighted by atomic mass is 10.0. The number of carbonyl (C=O) groups excluding carboxylic acids is 1. The monoisotopic (exact) mass is 276 g/mol.